The van der Waals surface area contributed by atoms with Crippen molar-refractivity contribution in [3.05, 3.63) is 24.3 Å². The summed E-state index contributed by atoms with van der Waals surface area (Å²) in [6, 6.07) is 6.42. The number of rotatable bonds is 4. The summed E-state index contributed by atoms with van der Waals surface area (Å²) < 4.78 is 0. The lowest BCUT2D eigenvalue weighted by atomic mass is 9.87. The first-order valence-electron chi connectivity index (χ1n) is 6.50. The van der Waals surface area contributed by atoms with E-state index in [2.05, 4.69) is 20.8 Å². The van der Waals surface area contributed by atoms with Crippen LogP contribution in [-0.2, 0) is 4.79 Å². The molecule has 0 saturated heterocycles. The third kappa shape index (κ3) is 5.30. The van der Waals surface area contributed by atoms with Crippen molar-refractivity contribution < 1.29 is 9.90 Å². The minimum Gasteiger partial charge on any atom is -0.508 e. The van der Waals surface area contributed by atoms with Crippen molar-refractivity contribution in [2.45, 2.75) is 39.7 Å². The predicted octanol–water partition coefficient (Wildman–Crippen LogP) is 2.51. The zero-order chi connectivity index (χ0) is 14.6. The molecule has 0 radical (unpaired) electrons. The molecular weight excluding hydrogens is 240 g/mol. The van der Waals surface area contributed by atoms with Gasteiger partial charge in [0.1, 0.15) is 5.75 Å². The largest absolute Gasteiger partial charge is 0.508 e. The second kappa shape index (κ2) is 6.06. The van der Waals surface area contributed by atoms with Crippen LogP contribution >= 0.6 is 0 Å². The first kappa shape index (κ1) is 15.5. The van der Waals surface area contributed by atoms with E-state index in [1.54, 1.807) is 36.2 Å². The topological polar surface area (TPSA) is 66.6 Å². The molecule has 0 fully saturated rings. The van der Waals surface area contributed by atoms with Crippen molar-refractivity contribution >= 4 is 11.6 Å². The monoisotopic (exact) mass is 264 g/mol. The van der Waals surface area contributed by atoms with Crippen LogP contribution in [0.2, 0.25) is 0 Å². The molecule has 1 atom stereocenters. The van der Waals surface area contributed by atoms with Gasteiger partial charge in [-0.2, -0.15) is 0 Å². The van der Waals surface area contributed by atoms with Gasteiger partial charge in [-0.25, -0.2) is 0 Å². The fraction of sp³-hybridized carbons (Fsp3) is 0.533. The first-order chi connectivity index (χ1) is 8.69. The second-order valence-corrected chi connectivity index (χ2v) is 6.20. The lowest BCUT2D eigenvalue weighted by Gasteiger charge is -2.25. The van der Waals surface area contributed by atoms with Gasteiger partial charge in [0.25, 0.3) is 0 Å². The normalized spacial score (nSPS) is 13.1. The highest BCUT2D eigenvalue weighted by Gasteiger charge is 2.20. The molecule has 0 bridgehead atoms. The van der Waals surface area contributed by atoms with E-state index in [0.717, 1.165) is 12.1 Å². The Morgan fingerprint density at radius 2 is 1.84 bits per heavy atom. The van der Waals surface area contributed by atoms with Crippen LogP contribution in [0, 0.1) is 5.41 Å². The molecule has 0 aliphatic carbocycles. The summed E-state index contributed by atoms with van der Waals surface area (Å²) in [6.45, 7) is 6.34. The quantitative estimate of drug-likeness (QED) is 0.878. The van der Waals surface area contributed by atoms with Crippen molar-refractivity contribution in [2.75, 3.05) is 11.9 Å². The number of benzene rings is 1. The van der Waals surface area contributed by atoms with E-state index in [0.29, 0.717) is 6.42 Å². The van der Waals surface area contributed by atoms with E-state index < -0.39 is 0 Å². The van der Waals surface area contributed by atoms with Gasteiger partial charge < -0.3 is 15.7 Å². The minimum absolute atomic E-state index is 0.0116. The van der Waals surface area contributed by atoms with Gasteiger partial charge in [0.15, 0.2) is 0 Å². The molecular formula is C15H24N2O2. The van der Waals surface area contributed by atoms with Gasteiger partial charge in [0, 0.05) is 25.2 Å². The number of aromatic hydroxyl groups is 1. The van der Waals surface area contributed by atoms with Gasteiger partial charge in [-0.15, -0.1) is 0 Å². The molecule has 0 heterocycles. The molecule has 0 spiro atoms. The maximum atomic E-state index is 12.1. The number of amides is 1. The van der Waals surface area contributed by atoms with Gasteiger partial charge in [-0.3, -0.25) is 4.79 Å². The van der Waals surface area contributed by atoms with E-state index in [4.69, 9.17) is 5.73 Å². The Morgan fingerprint density at radius 1 is 1.32 bits per heavy atom. The third-order valence-electron chi connectivity index (χ3n) is 2.92. The van der Waals surface area contributed by atoms with Crippen LogP contribution in [0.15, 0.2) is 24.3 Å². The maximum absolute atomic E-state index is 12.1. The molecule has 1 aromatic rings. The highest BCUT2D eigenvalue weighted by molar-refractivity contribution is 5.93. The Hall–Kier alpha value is -1.55. The van der Waals surface area contributed by atoms with E-state index in [-0.39, 0.29) is 23.1 Å². The standard InChI is InChI=1S/C15H24N2O2/c1-15(2,3)10-11(16)9-14(19)17(4)12-5-7-13(18)8-6-12/h5-8,11,18H,9-10,16H2,1-4H3. The molecule has 4 nitrogen and oxygen atoms in total. The van der Waals surface area contributed by atoms with Crippen LogP contribution in [0.1, 0.15) is 33.6 Å². The zero-order valence-corrected chi connectivity index (χ0v) is 12.2. The molecule has 1 rings (SSSR count). The van der Waals surface area contributed by atoms with E-state index in [1.807, 2.05) is 0 Å². The van der Waals surface area contributed by atoms with Gasteiger partial charge in [0.2, 0.25) is 5.91 Å². The molecule has 1 amide bonds. The Bertz CT molecular complexity index is 421. The molecule has 0 saturated carbocycles. The number of phenols is 1. The number of nitrogens with two attached hydrogens (primary N) is 1. The predicted molar refractivity (Wildman–Crippen MR) is 78.2 cm³/mol. The van der Waals surface area contributed by atoms with Gasteiger partial charge in [-0.1, -0.05) is 20.8 Å². The SMILES string of the molecule is CN(C(=O)CC(N)CC(C)(C)C)c1ccc(O)cc1. The van der Waals surface area contributed by atoms with E-state index in [1.165, 1.54) is 0 Å². The third-order valence-corrected chi connectivity index (χ3v) is 2.92. The molecule has 1 aromatic carbocycles. The van der Waals surface area contributed by atoms with Crippen LogP contribution in [0.5, 0.6) is 5.75 Å². The van der Waals surface area contributed by atoms with E-state index >= 15 is 0 Å². The molecule has 0 aliphatic rings. The zero-order valence-electron chi connectivity index (χ0n) is 12.2. The number of phenolic OH excluding ortho intramolecular Hbond substituents is 1. The molecule has 3 N–H and O–H groups in total. The lowest BCUT2D eigenvalue weighted by molar-refractivity contribution is -0.118. The van der Waals surface area contributed by atoms with Crippen molar-refractivity contribution in [3.63, 3.8) is 0 Å². The van der Waals surface area contributed by atoms with Crippen LogP contribution in [-0.4, -0.2) is 24.1 Å². The van der Waals surface area contributed by atoms with Crippen molar-refractivity contribution in [1.82, 2.24) is 0 Å². The molecule has 0 aliphatic heterocycles. The molecule has 19 heavy (non-hydrogen) atoms. The number of carbonyl (C=O) groups is 1. The minimum atomic E-state index is -0.132. The average Bonchev–Trinajstić information content (AvgIpc) is 2.26. The van der Waals surface area contributed by atoms with Crippen molar-refractivity contribution in [3.8, 4) is 5.75 Å². The fourth-order valence-electron chi connectivity index (χ4n) is 2.04. The lowest BCUT2D eigenvalue weighted by Crippen LogP contribution is -2.35. The summed E-state index contributed by atoms with van der Waals surface area (Å²) in [4.78, 5) is 13.7. The summed E-state index contributed by atoms with van der Waals surface area (Å²) in [6.07, 6.45) is 1.14. The summed E-state index contributed by atoms with van der Waals surface area (Å²) in [5, 5.41) is 9.23. The fourth-order valence-corrected chi connectivity index (χ4v) is 2.04. The number of nitrogens with zero attached hydrogens (tertiary/aromatic N) is 1. The summed E-state index contributed by atoms with van der Waals surface area (Å²) in [5.74, 6) is 0.177. The highest BCUT2D eigenvalue weighted by atomic mass is 16.3. The molecule has 0 aromatic heterocycles. The molecule has 4 heteroatoms. The number of hydrogen-bond donors (Lipinski definition) is 2. The summed E-state index contributed by atoms with van der Waals surface area (Å²) in [7, 11) is 1.72. The summed E-state index contributed by atoms with van der Waals surface area (Å²) in [5.41, 5.74) is 6.89. The van der Waals surface area contributed by atoms with Gasteiger partial charge >= 0.3 is 0 Å². The van der Waals surface area contributed by atoms with Crippen LogP contribution in [0.4, 0.5) is 5.69 Å². The number of carbonyl (C=O) groups excluding carboxylic acids is 1. The van der Waals surface area contributed by atoms with Crippen LogP contribution in [0.3, 0.4) is 0 Å². The first-order valence-corrected chi connectivity index (χ1v) is 6.50. The van der Waals surface area contributed by atoms with Gasteiger partial charge in [0.05, 0.1) is 0 Å². The van der Waals surface area contributed by atoms with E-state index in [9.17, 15) is 9.90 Å². The Morgan fingerprint density at radius 3 is 2.32 bits per heavy atom. The highest BCUT2D eigenvalue weighted by Crippen LogP contribution is 2.22. The Labute approximate surface area is 115 Å². The van der Waals surface area contributed by atoms with Crippen molar-refractivity contribution in [2.24, 2.45) is 11.1 Å². The number of anilines is 1. The Kier molecular flexibility index (Phi) is 4.95. The number of hydrogen-bond acceptors (Lipinski definition) is 3. The van der Waals surface area contributed by atoms with Crippen molar-refractivity contribution in [1.29, 1.82) is 0 Å². The average molecular weight is 264 g/mol. The van der Waals surface area contributed by atoms with Crippen LogP contribution in [0.25, 0.3) is 0 Å². The van der Waals surface area contributed by atoms with Crippen LogP contribution < -0.4 is 10.6 Å². The maximum Gasteiger partial charge on any atom is 0.228 e. The Balaban J connectivity index is 2.60. The van der Waals surface area contributed by atoms with Gasteiger partial charge in [-0.05, 0) is 36.1 Å². The molecule has 1 unspecified atom stereocenters. The smallest absolute Gasteiger partial charge is 0.228 e. The second-order valence-electron chi connectivity index (χ2n) is 6.20. The molecule has 106 valence electrons. The summed E-state index contributed by atoms with van der Waals surface area (Å²) >= 11 is 0.